The maximum absolute atomic E-state index is 11.2. The first-order chi connectivity index (χ1) is 5.88. The summed E-state index contributed by atoms with van der Waals surface area (Å²) in [5.74, 6) is 0.234. The van der Waals surface area contributed by atoms with Crippen molar-refractivity contribution in [2.75, 3.05) is 0 Å². The van der Waals surface area contributed by atoms with Crippen LogP contribution in [0.5, 0.6) is 0 Å². The number of rotatable bonds is 0. The second-order valence-electron chi connectivity index (χ2n) is 3.58. The predicted molar refractivity (Wildman–Crippen MR) is 46.8 cm³/mol. The summed E-state index contributed by atoms with van der Waals surface area (Å²) >= 11 is 0. The quantitative estimate of drug-likeness (QED) is 0.581. The Hall–Kier alpha value is -0.860. The van der Waals surface area contributed by atoms with E-state index in [1.54, 1.807) is 0 Å². The molecule has 1 heterocycles. The van der Waals surface area contributed by atoms with E-state index in [0.29, 0.717) is 0 Å². The van der Waals surface area contributed by atoms with Gasteiger partial charge in [-0.15, -0.1) is 0 Å². The molecule has 1 amide bonds. The Kier molecular flexibility index (Phi) is 2.11. The highest BCUT2D eigenvalue weighted by Crippen LogP contribution is 2.23. The molecule has 0 aromatic carbocycles. The van der Waals surface area contributed by atoms with Crippen molar-refractivity contribution in [1.29, 1.82) is 0 Å². The van der Waals surface area contributed by atoms with Gasteiger partial charge in [0.2, 0.25) is 5.91 Å². The van der Waals surface area contributed by atoms with Crippen molar-refractivity contribution in [3.8, 4) is 0 Å². The molecule has 0 aromatic heterocycles. The van der Waals surface area contributed by atoms with Crippen LogP contribution in [0.1, 0.15) is 38.5 Å². The zero-order valence-electron chi connectivity index (χ0n) is 7.18. The molecule has 3 heteroatoms. The minimum atomic E-state index is 0.116. The van der Waals surface area contributed by atoms with Crippen LogP contribution in [0.3, 0.4) is 0 Å². The average Bonchev–Trinajstić information content (AvgIpc) is 2.31. The fourth-order valence-electron chi connectivity index (χ4n) is 1.97. The van der Waals surface area contributed by atoms with E-state index >= 15 is 0 Å². The minimum Gasteiger partial charge on any atom is -0.272 e. The van der Waals surface area contributed by atoms with Gasteiger partial charge in [0.25, 0.3) is 0 Å². The van der Waals surface area contributed by atoms with Crippen molar-refractivity contribution >= 4 is 11.6 Å². The van der Waals surface area contributed by atoms with Gasteiger partial charge in [-0.1, -0.05) is 19.3 Å². The van der Waals surface area contributed by atoms with Crippen LogP contribution in [0, 0.1) is 5.92 Å². The van der Waals surface area contributed by atoms with E-state index in [9.17, 15) is 4.79 Å². The van der Waals surface area contributed by atoms with Gasteiger partial charge < -0.3 is 0 Å². The number of nitrogens with one attached hydrogen (secondary N) is 1. The Balaban J connectivity index is 2.07. The molecule has 66 valence electrons. The Morgan fingerprint density at radius 2 is 2.08 bits per heavy atom. The number of amides is 1. The van der Waals surface area contributed by atoms with E-state index in [1.165, 1.54) is 25.7 Å². The van der Waals surface area contributed by atoms with Crippen LogP contribution < -0.4 is 5.43 Å². The molecule has 1 atom stereocenters. The summed E-state index contributed by atoms with van der Waals surface area (Å²) < 4.78 is 0. The first kappa shape index (κ1) is 7.77. The third-order valence-corrected chi connectivity index (χ3v) is 2.70. The number of hydrazone groups is 1. The Bertz CT molecular complexity index is 223. The van der Waals surface area contributed by atoms with Crippen molar-refractivity contribution in [3.05, 3.63) is 0 Å². The van der Waals surface area contributed by atoms with E-state index < -0.39 is 0 Å². The molecule has 0 aromatic rings. The third-order valence-electron chi connectivity index (χ3n) is 2.70. The highest BCUT2D eigenvalue weighted by Gasteiger charge is 2.29. The second kappa shape index (κ2) is 3.25. The van der Waals surface area contributed by atoms with Crippen LogP contribution in [0.25, 0.3) is 0 Å². The molecule has 0 radical (unpaired) electrons. The second-order valence-corrected chi connectivity index (χ2v) is 3.58. The molecule has 2 rings (SSSR count). The fraction of sp³-hybridized carbons (Fsp3) is 0.778. The molecule has 2 aliphatic rings. The molecular weight excluding hydrogens is 152 g/mol. The smallest absolute Gasteiger partial charge is 0.248 e. The average molecular weight is 166 g/mol. The van der Waals surface area contributed by atoms with Crippen molar-refractivity contribution in [1.82, 2.24) is 5.43 Å². The highest BCUT2D eigenvalue weighted by molar-refractivity contribution is 6.07. The van der Waals surface area contributed by atoms with E-state index in [0.717, 1.165) is 18.6 Å². The van der Waals surface area contributed by atoms with E-state index in [1.807, 2.05) is 0 Å². The van der Waals surface area contributed by atoms with Crippen LogP contribution >= 0.6 is 0 Å². The zero-order chi connectivity index (χ0) is 8.39. The highest BCUT2D eigenvalue weighted by atomic mass is 16.2. The first-order valence-electron chi connectivity index (χ1n) is 4.74. The summed E-state index contributed by atoms with van der Waals surface area (Å²) in [6.07, 6.45) is 6.96. The molecule has 1 aliphatic carbocycles. The van der Waals surface area contributed by atoms with Crippen molar-refractivity contribution < 1.29 is 4.79 Å². The molecule has 0 unspecified atom stereocenters. The number of fused-ring (bicyclic) bond motifs is 1. The lowest BCUT2D eigenvalue weighted by Crippen LogP contribution is -2.23. The van der Waals surface area contributed by atoms with Gasteiger partial charge in [0.1, 0.15) is 0 Å². The number of hydrogen-bond acceptors (Lipinski definition) is 2. The lowest BCUT2D eigenvalue weighted by molar-refractivity contribution is -0.122. The summed E-state index contributed by atoms with van der Waals surface area (Å²) in [6.45, 7) is 0. The van der Waals surface area contributed by atoms with Gasteiger partial charge in [-0.05, 0) is 19.3 Å². The van der Waals surface area contributed by atoms with Crippen molar-refractivity contribution in [3.63, 3.8) is 0 Å². The van der Waals surface area contributed by atoms with Crippen LogP contribution in [0.2, 0.25) is 0 Å². The van der Waals surface area contributed by atoms with Crippen LogP contribution in [-0.4, -0.2) is 11.6 Å². The fourth-order valence-corrected chi connectivity index (χ4v) is 1.97. The molecule has 12 heavy (non-hydrogen) atoms. The summed E-state index contributed by atoms with van der Waals surface area (Å²) in [6, 6.07) is 0. The topological polar surface area (TPSA) is 41.5 Å². The standard InChI is InChI=1S/C9H14N2O/c12-9-7-5-3-1-2-4-6-8(7)10-11-9/h7H,1-6H2,(H,11,12)/t7-/m1/s1. The number of nitrogens with zero attached hydrogens (tertiary/aromatic N) is 1. The van der Waals surface area contributed by atoms with Gasteiger partial charge in [-0.2, -0.15) is 5.10 Å². The van der Waals surface area contributed by atoms with Gasteiger partial charge in [0, 0.05) is 0 Å². The minimum absolute atomic E-state index is 0.116. The summed E-state index contributed by atoms with van der Waals surface area (Å²) in [7, 11) is 0. The monoisotopic (exact) mass is 166 g/mol. The van der Waals surface area contributed by atoms with Crippen molar-refractivity contribution in [2.24, 2.45) is 11.0 Å². The SMILES string of the molecule is O=C1NN=C2CCCCCC[C@@H]12. The summed E-state index contributed by atoms with van der Waals surface area (Å²) in [5.41, 5.74) is 3.66. The van der Waals surface area contributed by atoms with E-state index in [2.05, 4.69) is 10.5 Å². The third kappa shape index (κ3) is 1.36. The molecule has 3 nitrogen and oxygen atoms in total. The number of carbonyl (C=O) groups excluding carboxylic acids is 1. The maximum atomic E-state index is 11.2. The van der Waals surface area contributed by atoms with Gasteiger partial charge in [0.05, 0.1) is 11.6 Å². The zero-order valence-corrected chi connectivity index (χ0v) is 7.18. The van der Waals surface area contributed by atoms with E-state index in [-0.39, 0.29) is 11.8 Å². The predicted octanol–water partition coefficient (Wildman–Crippen LogP) is 1.44. The number of hydrogen-bond donors (Lipinski definition) is 1. The summed E-state index contributed by atoms with van der Waals surface area (Å²) in [5, 5.41) is 4.06. The normalized spacial score (nSPS) is 29.8. The molecule has 0 spiro atoms. The molecule has 1 saturated carbocycles. The Labute approximate surface area is 72.2 Å². The summed E-state index contributed by atoms with van der Waals surface area (Å²) in [4.78, 5) is 11.2. The molecule has 1 N–H and O–H groups in total. The van der Waals surface area contributed by atoms with Crippen LogP contribution in [0.15, 0.2) is 5.10 Å². The number of carbonyl (C=O) groups is 1. The maximum Gasteiger partial charge on any atom is 0.248 e. The Morgan fingerprint density at radius 1 is 1.25 bits per heavy atom. The molecular formula is C9H14N2O. The van der Waals surface area contributed by atoms with Crippen molar-refractivity contribution in [2.45, 2.75) is 38.5 Å². The van der Waals surface area contributed by atoms with Gasteiger partial charge in [-0.3, -0.25) is 4.79 Å². The van der Waals surface area contributed by atoms with Gasteiger partial charge >= 0.3 is 0 Å². The molecule has 1 fully saturated rings. The van der Waals surface area contributed by atoms with E-state index in [4.69, 9.17) is 0 Å². The largest absolute Gasteiger partial charge is 0.272 e. The van der Waals surface area contributed by atoms with Gasteiger partial charge in [0.15, 0.2) is 0 Å². The molecule has 1 aliphatic heterocycles. The molecule has 0 bridgehead atoms. The Morgan fingerprint density at radius 3 is 3.00 bits per heavy atom. The van der Waals surface area contributed by atoms with Crippen LogP contribution in [0.4, 0.5) is 0 Å². The van der Waals surface area contributed by atoms with Gasteiger partial charge in [-0.25, -0.2) is 5.43 Å². The lowest BCUT2D eigenvalue weighted by atomic mass is 9.90. The lowest BCUT2D eigenvalue weighted by Gasteiger charge is -2.13. The molecule has 0 saturated heterocycles. The first-order valence-corrected chi connectivity index (χ1v) is 4.74. The van der Waals surface area contributed by atoms with Crippen LogP contribution in [-0.2, 0) is 4.79 Å².